The van der Waals surface area contributed by atoms with Crippen LogP contribution in [0.1, 0.15) is 6.23 Å². The lowest BCUT2D eigenvalue weighted by atomic mass is 10.1. The second kappa shape index (κ2) is 6.11. The number of aromatic nitrogens is 2. The molecule has 14 heteroatoms. The van der Waals surface area contributed by atoms with Crippen molar-refractivity contribution in [2.24, 2.45) is 0 Å². The van der Waals surface area contributed by atoms with Gasteiger partial charge < -0.3 is 24.7 Å². The molecule has 1 aromatic heterocycles. The molecule has 1 saturated heterocycles. The maximum atomic E-state index is 14.4. The number of H-pyrrole nitrogens is 1. The Kier molecular flexibility index (Phi) is 4.86. The third kappa shape index (κ3) is 3.72. The molecule has 0 unspecified atom stereocenters. The van der Waals surface area contributed by atoms with Crippen molar-refractivity contribution in [3.8, 4) is 0 Å². The molecule has 130 valence electrons. The highest BCUT2D eigenvalue weighted by molar-refractivity contribution is 7.71. The summed E-state index contributed by atoms with van der Waals surface area (Å²) in [6.07, 6.45) is -5.51. The molecule has 1 aliphatic rings. The summed E-state index contributed by atoms with van der Waals surface area (Å²) in [5.74, 6) is -4.52. The summed E-state index contributed by atoms with van der Waals surface area (Å²) in [5, 5.41) is 19.5. The number of halogens is 2. The monoisotopic (exact) mass is 376 g/mol. The highest BCUT2D eigenvalue weighted by atomic mass is 32.1. The molecule has 0 bridgehead atoms. The number of ether oxygens (including phenoxy) is 1. The minimum absolute atomic E-state index is 0.437. The number of nitrogens with one attached hydrogen (secondary N) is 1. The van der Waals surface area contributed by atoms with Crippen LogP contribution in [-0.4, -0.2) is 54.2 Å². The van der Waals surface area contributed by atoms with Crippen LogP contribution in [-0.2, 0) is 13.8 Å². The van der Waals surface area contributed by atoms with E-state index in [9.17, 15) is 28.4 Å². The minimum Gasteiger partial charge on any atom is -0.385 e. The van der Waals surface area contributed by atoms with Gasteiger partial charge in [-0.25, -0.2) is 8.96 Å². The minimum atomic E-state index is -5.07. The van der Waals surface area contributed by atoms with E-state index in [0.29, 0.717) is 10.8 Å². The van der Waals surface area contributed by atoms with E-state index in [1.165, 1.54) is 0 Å². The molecule has 0 aromatic carbocycles. The van der Waals surface area contributed by atoms with Crippen LogP contribution >= 0.6 is 20.0 Å². The maximum Gasteiger partial charge on any atom is 0.469 e. The van der Waals surface area contributed by atoms with E-state index >= 15 is 0 Å². The predicted molar refractivity (Wildman–Crippen MR) is 69.8 cm³/mol. The van der Waals surface area contributed by atoms with Crippen molar-refractivity contribution in [2.75, 3.05) is 6.61 Å². The lowest BCUT2D eigenvalue weighted by molar-refractivity contribution is -0.204. The van der Waals surface area contributed by atoms with Crippen LogP contribution in [0, 0.1) is 10.6 Å². The van der Waals surface area contributed by atoms with Gasteiger partial charge in [0.1, 0.15) is 18.8 Å². The third-order valence-corrected chi connectivity index (χ3v) is 3.78. The van der Waals surface area contributed by atoms with E-state index in [1.54, 1.807) is 0 Å². The number of hydrogen-bond acceptors (Lipinski definition) is 7. The number of phosphoric ester groups is 1. The molecule has 2 heterocycles. The van der Waals surface area contributed by atoms with Crippen molar-refractivity contribution in [1.82, 2.24) is 9.55 Å². The average Bonchev–Trinajstić information content (AvgIpc) is 2.65. The van der Waals surface area contributed by atoms with E-state index in [1.807, 2.05) is 4.98 Å². The zero-order valence-electron chi connectivity index (χ0n) is 11.0. The average molecular weight is 376 g/mol. The van der Waals surface area contributed by atoms with E-state index in [2.05, 4.69) is 4.52 Å². The van der Waals surface area contributed by atoms with Crippen LogP contribution in [0.15, 0.2) is 11.0 Å². The fourth-order valence-electron chi connectivity index (χ4n) is 1.91. The second-order valence-corrected chi connectivity index (χ2v) is 6.26. The molecule has 0 amide bonds. The molecule has 0 spiro atoms. The summed E-state index contributed by atoms with van der Waals surface area (Å²) in [4.78, 5) is 30.0. The van der Waals surface area contributed by atoms with Crippen molar-refractivity contribution in [2.45, 2.75) is 24.3 Å². The normalized spacial score (nSPS) is 31.5. The number of aromatic amines is 1. The molecule has 1 aromatic rings. The lowest BCUT2D eigenvalue weighted by Gasteiger charge is -2.22. The Morgan fingerprint density at radius 1 is 1.52 bits per heavy atom. The third-order valence-electron chi connectivity index (χ3n) is 3.00. The Labute approximate surface area is 131 Å². The summed E-state index contributed by atoms with van der Waals surface area (Å²) in [6.45, 7) is -1.41. The standard InChI is InChI=1S/C9H11F2N2O8PS/c10-3-1-13(8(23)12-6(3)16)7-4(14)5(15)9(11,21-7)2-20-22(17,18)19/h1,4-5,7,14-15H,2H2,(H,12,16,23)(H2,17,18,19)/t4-,5+,7-,9-/m1/s1. The van der Waals surface area contributed by atoms with Gasteiger partial charge in [0.2, 0.25) is 5.82 Å². The quantitative estimate of drug-likeness (QED) is 0.331. The summed E-state index contributed by atoms with van der Waals surface area (Å²) >= 11 is 4.72. The number of alkyl halides is 1. The Bertz CT molecular complexity index is 765. The van der Waals surface area contributed by atoms with Crippen LogP contribution in [0.25, 0.3) is 0 Å². The fraction of sp³-hybridized carbons (Fsp3) is 0.556. The van der Waals surface area contributed by atoms with Gasteiger partial charge in [0, 0.05) is 0 Å². The van der Waals surface area contributed by atoms with Gasteiger partial charge in [-0.1, -0.05) is 0 Å². The molecule has 23 heavy (non-hydrogen) atoms. The number of nitrogens with zero attached hydrogens (tertiary/aromatic N) is 1. The SMILES string of the molecule is O=c1[nH]c(=S)n([C@@H]2O[C@](F)(COP(=O)(O)O)[C@@H](O)[C@H]2O)cc1F. The number of aliphatic hydroxyl groups is 2. The first kappa shape index (κ1) is 18.3. The van der Waals surface area contributed by atoms with Crippen LogP contribution in [0.4, 0.5) is 8.78 Å². The Morgan fingerprint density at radius 2 is 2.13 bits per heavy atom. The van der Waals surface area contributed by atoms with Crippen molar-refractivity contribution in [3.05, 3.63) is 27.1 Å². The highest BCUT2D eigenvalue weighted by Gasteiger charge is 2.57. The van der Waals surface area contributed by atoms with Gasteiger partial charge in [0.25, 0.3) is 11.4 Å². The van der Waals surface area contributed by atoms with E-state index in [0.717, 1.165) is 0 Å². The largest absolute Gasteiger partial charge is 0.469 e. The van der Waals surface area contributed by atoms with Crippen molar-refractivity contribution >= 4 is 20.0 Å². The molecule has 5 N–H and O–H groups in total. The number of rotatable bonds is 4. The molecule has 1 fully saturated rings. The Hall–Kier alpha value is -1.05. The summed E-state index contributed by atoms with van der Waals surface area (Å²) in [5.41, 5.74) is -1.16. The first-order valence-electron chi connectivity index (χ1n) is 5.88. The number of phosphoric acid groups is 1. The highest BCUT2D eigenvalue weighted by Crippen LogP contribution is 2.43. The van der Waals surface area contributed by atoms with Crippen LogP contribution in [0.2, 0.25) is 0 Å². The van der Waals surface area contributed by atoms with Crippen molar-refractivity contribution in [1.29, 1.82) is 0 Å². The molecule has 4 atom stereocenters. The predicted octanol–water partition coefficient (Wildman–Crippen LogP) is -0.929. The van der Waals surface area contributed by atoms with Gasteiger partial charge in [-0.05, 0) is 12.2 Å². The van der Waals surface area contributed by atoms with Crippen LogP contribution in [0.5, 0.6) is 0 Å². The summed E-state index contributed by atoms with van der Waals surface area (Å²) in [6, 6.07) is 0. The molecule has 2 rings (SSSR count). The van der Waals surface area contributed by atoms with Gasteiger partial charge >= 0.3 is 7.82 Å². The first-order valence-corrected chi connectivity index (χ1v) is 7.82. The molecule has 0 saturated carbocycles. The smallest absolute Gasteiger partial charge is 0.385 e. The topological polar surface area (TPSA) is 154 Å². The maximum absolute atomic E-state index is 14.4. The molecule has 1 aliphatic heterocycles. The van der Waals surface area contributed by atoms with Gasteiger partial charge in [-0.15, -0.1) is 0 Å². The van der Waals surface area contributed by atoms with Gasteiger partial charge in [0.05, 0.1) is 6.20 Å². The molecular formula is C9H11F2N2O8PS. The van der Waals surface area contributed by atoms with E-state index in [-0.39, 0.29) is 0 Å². The van der Waals surface area contributed by atoms with Crippen LogP contribution < -0.4 is 5.56 Å². The summed E-state index contributed by atoms with van der Waals surface area (Å²) < 4.78 is 47.1. The lowest BCUT2D eigenvalue weighted by Crippen LogP contribution is -2.42. The van der Waals surface area contributed by atoms with Crippen molar-refractivity contribution < 1.29 is 42.6 Å². The molecular weight excluding hydrogens is 365 g/mol. The number of aliphatic hydroxyl groups excluding tert-OH is 2. The Morgan fingerprint density at radius 3 is 2.70 bits per heavy atom. The molecule has 0 aliphatic carbocycles. The Balaban J connectivity index is 2.33. The van der Waals surface area contributed by atoms with Gasteiger partial charge in [-0.3, -0.25) is 18.9 Å². The zero-order valence-corrected chi connectivity index (χ0v) is 12.7. The van der Waals surface area contributed by atoms with E-state index in [4.69, 9.17) is 26.7 Å². The van der Waals surface area contributed by atoms with Gasteiger partial charge in [-0.2, -0.15) is 4.39 Å². The van der Waals surface area contributed by atoms with Crippen LogP contribution in [0.3, 0.4) is 0 Å². The fourth-order valence-corrected chi connectivity index (χ4v) is 2.51. The zero-order chi connectivity index (χ0) is 17.6. The summed E-state index contributed by atoms with van der Waals surface area (Å²) in [7, 11) is -5.07. The number of hydrogen-bond donors (Lipinski definition) is 5. The first-order chi connectivity index (χ1) is 10.4. The second-order valence-electron chi connectivity index (χ2n) is 4.64. The molecule has 10 nitrogen and oxygen atoms in total. The van der Waals surface area contributed by atoms with Crippen molar-refractivity contribution in [3.63, 3.8) is 0 Å². The molecule has 0 radical (unpaired) electrons. The van der Waals surface area contributed by atoms with E-state index < -0.39 is 54.9 Å². The van der Waals surface area contributed by atoms with Gasteiger partial charge in [0.15, 0.2) is 11.0 Å².